The number of rotatable bonds is 7. The maximum Gasteiger partial charge on any atom is 0.303 e. The highest BCUT2D eigenvalue weighted by molar-refractivity contribution is 8.16. The molecule has 1 aromatic rings. The molecule has 2 saturated heterocycles. The van der Waals surface area contributed by atoms with Gasteiger partial charge in [0.1, 0.15) is 11.5 Å². The lowest BCUT2D eigenvalue weighted by molar-refractivity contribution is -0.137. The molecule has 2 aliphatic heterocycles. The molecular weight excluding hydrogens is 420 g/mol. The van der Waals surface area contributed by atoms with E-state index in [1.807, 2.05) is 0 Å². The normalized spacial score (nSPS) is 23.8. The molecule has 2 heterocycles. The Labute approximate surface area is 173 Å². The number of carboxylic acid groups (broad SMARTS) is 1. The Bertz CT molecular complexity index is 946. The average molecular weight is 443 g/mol. The Morgan fingerprint density at radius 3 is 2.66 bits per heavy atom. The topological polar surface area (TPSA) is 123 Å². The number of aliphatic carboxylic acids is 1. The van der Waals surface area contributed by atoms with Crippen molar-refractivity contribution in [3.8, 4) is 11.5 Å². The molecule has 0 aliphatic carbocycles. The van der Waals surface area contributed by atoms with Crippen LogP contribution >= 0.6 is 11.8 Å². The quantitative estimate of drug-likeness (QED) is 0.670. The second-order valence-corrected chi connectivity index (χ2v) is 10.1. The van der Waals surface area contributed by atoms with E-state index >= 15 is 0 Å². The van der Waals surface area contributed by atoms with Crippen LogP contribution in [0.15, 0.2) is 23.2 Å². The molecule has 1 aromatic carbocycles. The second kappa shape index (κ2) is 8.62. The first-order valence-electron chi connectivity index (χ1n) is 8.95. The minimum atomic E-state index is -3.19. The molecule has 1 amide bonds. The van der Waals surface area contributed by atoms with Crippen molar-refractivity contribution in [2.24, 2.45) is 4.99 Å². The van der Waals surface area contributed by atoms with Gasteiger partial charge in [0.05, 0.1) is 37.5 Å². The SMILES string of the molecule is COc1ccc(N2C(=NC(=O)CCCC(=O)O)SC3CS(=O)(=O)CC32)c(OC)c1. The third-order valence-corrected chi connectivity index (χ3v) is 7.92. The third kappa shape index (κ3) is 4.84. The highest BCUT2D eigenvalue weighted by Crippen LogP contribution is 2.44. The molecule has 2 fully saturated rings. The fourth-order valence-corrected chi connectivity index (χ4v) is 7.31. The second-order valence-electron chi connectivity index (χ2n) is 6.74. The largest absolute Gasteiger partial charge is 0.497 e. The summed E-state index contributed by atoms with van der Waals surface area (Å²) in [7, 11) is -0.159. The Kier molecular flexibility index (Phi) is 6.37. The fourth-order valence-electron chi connectivity index (χ4n) is 3.38. The van der Waals surface area contributed by atoms with E-state index in [2.05, 4.69) is 4.99 Å². The lowest BCUT2D eigenvalue weighted by Gasteiger charge is -2.26. The number of sulfone groups is 1. The maximum absolute atomic E-state index is 12.3. The molecule has 1 N–H and O–H groups in total. The van der Waals surface area contributed by atoms with Gasteiger partial charge in [-0.1, -0.05) is 11.8 Å². The van der Waals surface area contributed by atoms with E-state index < -0.39 is 21.7 Å². The molecule has 3 rings (SSSR count). The van der Waals surface area contributed by atoms with Gasteiger partial charge in [-0.3, -0.25) is 9.59 Å². The van der Waals surface area contributed by atoms with Crippen LogP contribution in [0.2, 0.25) is 0 Å². The summed E-state index contributed by atoms with van der Waals surface area (Å²) in [5.41, 5.74) is 0.600. The summed E-state index contributed by atoms with van der Waals surface area (Å²) < 4.78 is 35.0. The van der Waals surface area contributed by atoms with Crippen LogP contribution in [0.5, 0.6) is 11.5 Å². The summed E-state index contributed by atoms with van der Waals surface area (Å²) in [6.45, 7) is 0. The number of hydrogen-bond donors (Lipinski definition) is 1. The van der Waals surface area contributed by atoms with Crippen LogP contribution in [0.3, 0.4) is 0 Å². The minimum absolute atomic E-state index is 0.0115. The van der Waals surface area contributed by atoms with Gasteiger partial charge >= 0.3 is 5.97 Å². The summed E-state index contributed by atoms with van der Waals surface area (Å²) in [6, 6.07) is 4.79. The highest BCUT2D eigenvalue weighted by atomic mass is 32.2. The van der Waals surface area contributed by atoms with Crippen molar-refractivity contribution in [3.05, 3.63) is 18.2 Å². The van der Waals surface area contributed by atoms with Gasteiger partial charge in [0.25, 0.3) is 0 Å². The van der Waals surface area contributed by atoms with Crippen molar-refractivity contribution < 1.29 is 32.6 Å². The number of benzene rings is 1. The van der Waals surface area contributed by atoms with Crippen LogP contribution in [-0.2, 0) is 19.4 Å². The molecule has 158 valence electrons. The molecule has 9 nitrogen and oxygen atoms in total. The summed E-state index contributed by atoms with van der Waals surface area (Å²) in [5, 5.41) is 8.88. The number of aliphatic imine (C=N–C) groups is 1. The van der Waals surface area contributed by atoms with E-state index in [0.29, 0.717) is 22.4 Å². The van der Waals surface area contributed by atoms with E-state index in [-0.39, 0.29) is 42.1 Å². The van der Waals surface area contributed by atoms with Crippen molar-refractivity contribution in [1.82, 2.24) is 0 Å². The number of methoxy groups -OCH3 is 2. The molecule has 11 heteroatoms. The molecule has 0 aromatic heterocycles. The summed E-state index contributed by atoms with van der Waals surface area (Å²) in [5.74, 6) is -0.369. The van der Waals surface area contributed by atoms with E-state index in [1.165, 1.54) is 26.0 Å². The molecule has 0 saturated carbocycles. The fraction of sp³-hybridized carbons (Fsp3) is 0.500. The zero-order chi connectivity index (χ0) is 21.2. The number of nitrogens with zero attached hydrogens (tertiary/aromatic N) is 2. The first kappa shape index (κ1) is 21.4. The lowest BCUT2D eigenvalue weighted by atomic mass is 10.2. The third-order valence-electron chi connectivity index (χ3n) is 4.71. The smallest absolute Gasteiger partial charge is 0.303 e. The molecule has 2 unspecified atom stereocenters. The van der Waals surface area contributed by atoms with Crippen LogP contribution in [-0.4, -0.2) is 67.6 Å². The van der Waals surface area contributed by atoms with E-state index in [9.17, 15) is 18.0 Å². The zero-order valence-corrected chi connectivity index (χ0v) is 17.7. The number of carboxylic acids is 1. The number of carbonyl (C=O) groups excluding carboxylic acids is 1. The van der Waals surface area contributed by atoms with Crippen molar-refractivity contribution in [2.45, 2.75) is 30.6 Å². The highest BCUT2D eigenvalue weighted by Gasteiger charge is 2.50. The van der Waals surface area contributed by atoms with E-state index in [0.717, 1.165) is 0 Å². The van der Waals surface area contributed by atoms with Gasteiger partial charge in [-0.05, 0) is 18.6 Å². The molecule has 29 heavy (non-hydrogen) atoms. The Morgan fingerprint density at radius 1 is 1.24 bits per heavy atom. The average Bonchev–Trinajstić information content (AvgIpc) is 3.11. The van der Waals surface area contributed by atoms with Crippen LogP contribution < -0.4 is 14.4 Å². The lowest BCUT2D eigenvalue weighted by Crippen LogP contribution is -2.38. The molecule has 0 radical (unpaired) electrons. The number of thioether (sulfide) groups is 1. The predicted octanol–water partition coefficient (Wildman–Crippen LogP) is 1.56. The monoisotopic (exact) mass is 442 g/mol. The van der Waals surface area contributed by atoms with Crippen LogP contribution in [0, 0.1) is 0 Å². The maximum atomic E-state index is 12.3. The van der Waals surface area contributed by atoms with Crippen LogP contribution in [0.4, 0.5) is 5.69 Å². The van der Waals surface area contributed by atoms with Crippen molar-refractivity contribution >= 4 is 44.3 Å². The first-order valence-corrected chi connectivity index (χ1v) is 11.7. The Hall–Kier alpha value is -2.27. The number of anilines is 1. The van der Waals surface area contributed by atoms with Gasteiger partial charge in [-0.15, -0.1) is 0 Å². The van der Waals surface area contributed by atoms with Gasteiger partial charge < -0.3 is 19.5 Å². The predicted molar refractivity (Wildman–Crippen MR) is 110 cm³/mol. The molecule has 2 aliphatic rings. The molecule has 0 bridgehead atoms. The van der Waals surface area contributed by atoms with Crippen LogP contribution in [0.1, 0.15) is 19.3 Å². The first-order chi connectivity index (χ1) is 13.7. The summed E-state index contributed by atoms with van der Waals surface area (Å²) >= 11 is 1.26. The van der Waals surface area contributed by atoms with Gasteiger partial charge in [-0.25, -0.2) is 8.42 Å². The number of fused-ring (bicyclic) bond motifs is 1. The number of amides is 1. The van der Waals surface area contributed by atoms with E-state index in [1.54, 1.807) is 23.1 Å². The Balaban J connectivity index is 1.93. The van der Waals surface area contributed by atoms with Gasteiger partial charge in [0.2, 0.25) is 5.91 Å². The van der Waals surface area contributed by atoms with Gasteiger partial charge in [-0.2, -0.15) is 4.99 Å². The van der Waals surface area contributed by atoms with Crippen molar-refractivity contribution in [1.29, 1.82) is 0 Å². The summed E-state index contributed by atoms with van der Waals surface area (Å²) in [6.07, 6.45) is 0.101. The number of ether oxygens (including phenoxy) is 2. The van der Waals surface area contributed by atoms with Gasteiger partial charge in [0, 0.05) is 24.2 Å². The molecule has 2 atom stereocenters. The number of carbonyl (C=O) groups is 2. The zero-order valence-electron chi connectivity index (χ0n) is 16.0. The van der Waals surface area contributed by atoms with E-state index in [4.69, 9.17) is 14.6 Å². The van der Waals surface area contributed by atoms with Crippen LogP contribution in [0.25, 0.3) is 0 Å². The minimum Gasteiger partial charge on any atom is -0.497 e. The number of hydrogen-bond acceptors (Lipinski definition) is 7. The summed E-state index contributed by atoms with van der Waals surface area (Å²) in [4.78, 5) is 28.8. The van der Waals surface area contributed by atoms with Crippen molar-refractivity contribution in [3.63, 3.8) is 0 Å². The van der Waals surface area contributed by atoms with Crippen molar-refractivity contribution in [2.75, 3.05) is 30.6 Å². The number of amidine groups is 1. The molecule has 0 spiro atoms. The standard InChI is InChI=1S/C18H22N2O7S2/c1-26-11-6-7-12(14(8-11)27-2)20-13-9-29(24,25)10-15(13)28-18(20)19-16(21)4-3-5-17(22)23/h6-8,13,15H,3-5,9-10H2,1-2H3,(H,22,23). The Morgan fingerprint density at radius 2 is 2.00 bits per heavy atom. The van der Waals surface area contributed by atoms with Gasteiger partial charge in [0.15, 0.2) is 15.0 Å². The molecular formula is C18H22N2O7S2.